The number of aromatic nitrogens is 4. The number of benzene rings is 2. The Balaban J connectivity index is 1.74. The van der Waals surface area contributed by atoms with Gasteiger partial charge in [0.1, 0.15) is 11.4 Å². The van der Waals surface area contributed by atoms with E-state index in [-0.39, 0.29) is 32.7 Å². The fourth-order valence-electron chi connectivity index (χ4n) is 2.90. The quantitative estimate of drug-likeness (QED) is 0.502. The molecule has 30 heavy (non-hydrogen) atoms. The minimum Gasteiger partial charge on any atom is -0.454 e. The lowest BCUT2D eigenvalue weighted by molar-refractivity contribution is 0.483. The molecule has 4 rings (SSSR count). The SMILES string of the molecule is Cc1cc2cc(Oc3c(Cl)cc(-n4nc(C)c(=O)[nH]c4=O)cc3Cl)ccc2[nH]c1=O. The van der Waals surface area contributed by atoms with Gasteiger partial charge in [0.2, 0.25) is 0 Å². The number of ether oxygens (including phenoxy) is 1. The maximum absolute atomic E-state index is 12.1. The molecule has 0 amide bonds. The van der Waals surface area contributed by atoms with Crippen LogP contribution in [0.15, 0.2) is 50.8 Å². The van der Waals surface area contributed by atoms with Crippen LogP contribution < -0.4 is 21.5 Å². The molecular weight excluding hydrogens is 431 g/mol. The summed E-state index contributed by atoms with van der Waals surface area (Å²) in [6, 6.07) is 9.80. The van der Waals surface area contributed by atoms with Crippen molar-refractivity contribution in [2.24, 2.45) is 0 Å². The topological polar surface area (TPSA) is 110 Å². The molecule has 0 unspecified atom stereocenters. The second-order valence-electron chi connectivity index (χ2n) is 6.63. The first-order valence-electron chi connectivity index (χ1n) is 8.74. The molecule has 2 aromatic carbocycles. The van der Waals surface area contributed by atoms with Gasteiger partial charge in [0, 0.05) is 16.5 Å². The molecule has 0 aliphatic carbocycles. The van der Waals surface area contributed by atoms with Crippen molar-refractivity contribution < 1.29 is 4.74 Å². The average molecular weight is 445 g/mol. The normalized spacial score (nSPS) is 11.1. The first kappa shape index (κ1) is 19.9. The van der Waals surface area contributed by atoms with Gasteiger partial charge in [-0.15, -0.1) is 0 Å². The van der Waals surface area contributed by atoms with E-state index < -0.39 is 11.2 Å². The molecule has 152 valence electrons. The van der Waals surface area contributed by atoms with E-state index >= 15 is 0 Å². The van der Waals surface area contributed by atoms with E-state index in [1.165, 1.54) is 19.1 Å². The summed E-state index contributed by atoms with van der Waals surface area (Å²) in [7, 11) is 0. The van der Waals surface area contributed by atoms with Crippen LogP contribution in [0, 0.1) is 13.8 Å². The summed E-state index contributed by atoms with van der Waals surface area (Å²) in [5.41, 5.74) is 0.199. The van der Waals surface area contributed by atoms with Crippen molar-refractivity contribution >= 4 is 34.1 Å². The van der Waals surface area contributed by atoms with Gasteiger partial charge in [0.05, 0.1) is 15.7 Å². The minimum absolute atomic E-state index is 0.117. The number of H-pyrrole nitrogens is 2. The Morgan fingerprint density at radius 1 is 0.933 bits per heavy atom. The lowest BCUT2D eigenvalue weighted by Crippen LogP contribution is -2.32. The van der Waals surface area contributed by atoms with Crippen LogP contribution in [0.1, 0.15) is 11.3 Å². The van der Waals surface area contributed by atoms with Crippen molar-refractivity contribution in [3.8, 4) is 17.2 Å². The Morgan fingerprint density at radius 2 is 1.63 bits per heavy atom. The van der Waals surface area contributed by atoms with Gasteiger partial charge in [-0.05, 0) is 50.2 Å². The highest BCUT2D eigenvalue weighted by molar-refractivity contribution is 6.37. The van der Waals surface area contributed by atoms with Crippen LogP contribution in [0.3, 0.4) is 0 Å². The molecular formula is C20H14Cl2N4O4. The van der Waals surface area contributed by atoms with Gasteiger partial charge >= 0.3 is 5.69 Å². The highest BCUT2D eigenvalue weighted by Gasteiger charge is 2.15. The number of nitrogens with one attached hydrogen (secondary N) is 2. The van der Waals surface area contributed by atoms with Gasteiger partial charge in [0.25, 0.3) is 11.1 Å². The molecule has 0 saturated heterocycles. The van der Waals surface area contributed by atoms with Crippen molar-refractivity contribution in [1.29, 1.82) is 0 Å². The zero-order valence-electron chi connectivity index (χ0n) is 15.7. The Hall–Kier alpha value is -3.36. The molecule has 8 nitrogen and oxygen atoms in total. The number of halogens is 2. The van der Waals surface area contributed by atoms with Gasteiger partial charge in [-0.2, -0.15) is 9.78 Å². The molecule has 0 spiro atoms. The first-order chi connectivity index (χ1) is 14.2. The summed E-state index contributed by atoms with van der Waals surface area (Å²) < 4.78 is 6.85. The van der Waals surface area contributed by atoms with Crippen molar-refractivity contribution in [3.05, 3.63) is 88.9 Å². The molecule has 0 aliphatic heterocycles. The highest BCUT2D eigenvalue weighted by Crippen LogP contribution is 2.38. The molecule has 0 aliphatic rings. The van der Waals surface area contributed by atoms with Crippen molar-refractivity contribution in [2.45, 2.75) is 13.8 Å². The van der Waals surface area contributed by atoms with Gasteiger partial charge < -0.3 is 9.72 Å². The van der Waals surface area contributed by atoms with Gasteiger partial charge in [-0.1, -0.05) is 23.2 Å². The van der Waals surface area contributed by atoms with Crippen LogP contribution in [0.25, 0.3) is 16.6 Å². The fourth-order valence-corrected chi connectivity index (χ4v) is 3.45. The smallest absolute Gasteiger partial charge is 0.349 e. The fraction of sp³-hybridized carbons (Fsp3) is 0.100. The lowest BCUT2D eigenvalue weighted by atomic mass is 10.1. The summed E-state index contributed by atoms with van der Waals surface area (Å²) in [5.74, 6) is 0.650. The molecule has 0 saturated carbocycles. The molecule has 0 atom stereocenters. The van der Waals surface area contributed by atoms with Gasteiger partial charge in [0.15, 0.2) is 5.75 Å². The van der Waals surface area contributed by atoms with Crippen molar-refractivity contribution in [3.63, 3.8) is 0 Å². The predicted molar refractivity (Wildman–Crippen MR) is 115 cm³/mol. The molecule has 0 bridgehead atoms. The van der Waals surface area contributed by atoms with Gasteiger partial charge in [-0.25, -0.2) is 4.79 Å². The second-order valence-corrected chi connectivity index (χ2v) is 7.44. The monoisotopic (exact) mass is 444 g/mol. The number of fused-ring (bicyclic) bond motifs is 1. The van der Waals surface area contributed by atoms with E-state index in [1.54, 1.807) is 31.2 Å². The molecule has 2 heterocycles. The third-order valence-corrected chi connectivity index (χ3v) is 5.00. The molecule has 2 aromatic heterocycles. The van der Waals surface area contributed by atoms with Crippen LogP contribution in [0.5, 0.6) is 11.5 Å². The second kappa shape index (κ2) is 7.47. The number of hydrogen-bond donors (Lipinski definition) is 2. The van der Waals surface area contributed by atoms with E-state index in [9.17, 15) is 14.4 Å². The van der Waals surface area contributed by atoms with E-state index in [4.69, 9.17) is 27.9 Å². The zero-order chi connectivity index (χ0) is 21.6. The maximum atomic E-state index is 12.1. The summed E-state index contributed by atoms with van der Waals surface area (Å²) in [6.45, 7) is 3.19. The number of rotatable bonds is 3. The lowest BCUT2D eigenvalue weighted by Gasteiger charge is -2.13. The standard InChI is InChI=1S/C20H14Cl2N4O4/c1-9-5-11-6-13(3-4-16(11)23-18(9)27)30-17-14(21)7-12(8-15(17)22)26-20(29)24-19(28)10(2)25-26/h3-8H,1-2H3,(H,23,27)(H,24,28,29). The minimum atomic E-state index is -0.717. The van der Waals surface area contributed by atoms with Crippen molar-refractivity contribution in [2.75, 3.05) is 0 Å². The summed E-state index contributed by atoms with van der Waals surface area (Å²) in [4.78, 5) is 40.3. The van der Waals surface area contributed by atoms with Crippen LogP contribution in [-0.4, -0.2) is 19.7 Å². The van der Waals surface area contributed by atoms with E-state index in [2.05, 4.69) is 15.1 Å². The van der Waals surface area contributed by atoms with Crippen LogP contribution in [-0.2, 0) is 0 Å². The molecule has 4 aromatic rings. The maximum Gasteiger partial charge on any atom is 0.349 e. The number of aromatic amines is 2. The average Bonchev–Trinajstić information content (AvgIpc) is 2.68. The summed E-state index contributed by atoms with van der Waals surface area (Å²) in [5, 5.41) is 5.04. The van der Waals surface area contributed by atoms with Crippen LogP contribution in [0.4, 0.5) is 0 Å². The van der Waals surface area contributed by atoms with Crippen LogP contribution >= 0.6 is 23.2 Å². The molecule has 10 heteroatoms. The Kier molecular flexibility index (Phi) is 4.97. The Bertz CT molecular complexity index is 1460. The first-order valence-corrected chi connectivity index (χ1v) is 9.50. The van der Waals surface area contributed by atoms with E-state index in [1.807, 2.05) is 0 Å². The largest absolute Gasteiger partial charge is 0.454 e. The zero-order valence-corrected chi connectivity index (χ0v) is 17.3. The van der Waals surface area contributed by atoms with Gasteiger partial charge in [-0.3, -0.25) is 14.6 Å². The highest BCUT2D eigenvalue weighted by atomic mass is 35.5. The van der Waals surface area contributed by atoms with E-state index in [0.29, 0.717) is 16.8 Å². The third kappa shape index (κ3) is 3.62. The molecule has 0 radical (unpaired) electrons. The number of pyridine rings is 1. The number of nitrogens with zero attached hydrogens (tertiary/aromatic N) is 2. The summed E-state index contributed by atoms with van der Waals surface area (Å²) in [6.07, 6.45) is 0. The predicted octanol–water partition coefficient (Wildman–Crippen LogP) is 3.48. The Morgan fingerprint density at radius 3 is 2.33 bits per heavy atom. The Labute approximate surface area is 178 Å². The third-order valence-electron chi connectivity index (χ3n) is 4.44. The summed E-state index contributed by atoms with van der Waals surface area (Å²) >= 11 is 12.7. The number of hydrogen-bond acceptors (Lipinski definition) is 5. The molecule has 0 fully saturated rings. The van der Waals surface area contributed by atoms with Crippen LogP contribution in [0.2, 0.25) is 10.0 Å². The molecule has 2 N–H and O–H groups in total. The van der Waals surface area contributed by atoms with E-state index in [0.717, 1.165) is 10.1 Å². The van der Waals surface area contributed by atoms with Crippen molar-refractivity contribution in [1.82, 2.24) is 19.7 Å². The number of aryl methyl sites for hydroxylation is 2.